The van der Waals surface area contributed by atoms with E-state index in [0.717, 1.165) is 31.6 Å². The molecule has 3 nitrogen and oxygen atoms in total. The van der Waals surface area contributed by atoms with Crippen LogP contribution in [0.15, 0.2) is 36.6 Å². The van der Waals surface area contributed by atoms with Crippen molar-refractivity contribution in [2.75, 3.05) is 13.7 Å². The van der Waals surface area contributed by atoms with Crippen molar-refractivity contribution in [3.05, 3.63) is 42.2 Å². The Bertz CT molecular complexity index is 400. The third-order valence-electron chi connectivity index (χ3n) is 3.54. The van der Waals surface area contributed by atoms with Gasteiger partial charge in [0.15, 0.2) is 0 Å². The lowest BCUT2D eigenvalue weighted by molar-refractivity contribution is 0.119. The van der Waals surface area contributed by atoms with Gasteiger partial charge < -0.3 is 14.8 Å². The third kappa shape index (κ3) is 4.00. The van der Waals surface area contributed by atoms with Gasteiger partial charge in [-0.3, -0.25) is 0 Å². The minimum atomic E-state index is 0.303. The van der Waals surface area contributed by atoms with Gasteiger partial charge in [0, 0.05) is 12.6 Å². The highest BCUT2D eigenvalue weighted by Gasteiger charge is 2.14. The van der Waals surface area contributed by atoms with Crippen LogP contribution in [0.1, 0.15) is 37.8 Å². The van der Waals surface area contributed by atoms with Crippen LogP contribution in [0.25, 0.3) is 0 Å². The Hall–Kier alpha value is -1.48. The van der Waals surface area contributed by atoms with E-state index in [1.54, 1.807) is 7.11 Å². The van der Waals surface area contributed by atoms with Crippen LogP contribution < -0.4 is 10.1 Å². The number of methoxy groups -OCH3 is 1. The maximum Gasteiger partial charge on any atom is 0.118 e. The second kappa shape index (κ2) is 7.19. The summed E-state index contributed by atoms with van der Waals surface area (Å²) in [4.78, 5) is 0. The van der Waals surface area contributed by atoms with E-state index < -0.39 is 0 Å². The Morgan fingerprint density at radius 3 is 2.74 bits per heavy atom. The summed E-state index contributed by atoms with van der Waals surface area (Å²) in [7, 11) is 1.69. The van der Waals surface area contributed by atoms with Crippen LogP contribution in [0.3, 0.4) is 0 Å². The molecular formula is C16H23NO2. The van der Waals surface area contributed by atoms with E-state index in [9.17, 15) is 0 Å². The quantitative estimate of drug-likeness (QED) is 0.851. The highest BCUT2D eigenvalue weighted by atomic mass is 16.5. The van der Waals surface area contributed by atoms with E-state index in [-0.39, 0.29) is 0 Å². The third-order valence-corrected chi connectivity index (χ3v) is 3.54. The summed E-state index contributed by atoms with van der Waals surface area (Å²) in [5, 5.41) is 3.59. The van der Waals surface area contributed by atoms with Gasteiger partial charge in [0.25, 0.3) is 0 Å². The van der Waals surface area contributed by atoms with E-state index in [4.69, 9.17) is 9.47 Å². The molecule has 0 amide bonds. The Morgan fingerprint density at radius 1 is 1.37 bits per heavy atom. The first-order valence-electron chi connectivity index (χ1n) is 7.01. The zero-order valence-electron chi connectivity index (χ0n) is 11.8. The smallest absolute Gasteiger partial charge is 0.118 e. The molecule has 104 valence electrons. The molecule has 0 saturated heterocycles. The predicted molar refractivity (Wildman–Crippen MR) is 77.3 cm³/mol. The van der Waals surface area contributed by atoms with E-state index in [1.807, 2.05) is 18.4 Å². The van der Waals surface area contributed by atoms with Crippen LogP contribution in [0.4, 0.5) is 0 Å². The fourth-order valence-corrected chi connectivity index (χ4v) is 2.34. The van der Waals surface area contributed by atoms with Crippen molar-refractivity contribution < 1.29 is 9.47 Å². The number of hydrogen-bond donors (Lipinski definition) is 1. The average Bonchev–Trinajstić information content (AvgIpc) is 2.49. The Labute approximate surface area is 115 Å². The molecule has 2 unspecified atom stereocenters. The zero-order valence-corrected chi connectivity index (χ0v) is 11.8. The molecule has 0 saturated carbocycles. The van der Waals surface area contributed by atoms with Crippen molar-refractivity contribution in [2.45, 2.75) is 38.3 Å². The first-order valence-corrected chi connectivity index (χ1v) is 7.01. The number of benzene rings is 1. The highest BCUT2D eigenvalue weighted by molar-refractivity contribution is 5.29. The van der Waals surface area contributed by atoms with Crippen molar-refractivity contribution in [2.24, 2.45) is 0 Å². The fourth-order valence-electron chi connectivity index (χ4n) is 2.34. The standard InChI is InChI=1S/C16H23NO2/c1-3-16(13-7-9-14(18-2)10-8-13)17-12-15-6-4-5-11-19-15/h5,7-11,15-17H,3-4,6,12H2,1-2H3. The van der Waals surface area contributed by atoms with Crippen LogP contribution in [-0.2, 0) is 4.74 Å². The lowest BCUT2D eigenvalue weighted by Gasteiger charge is -2.24. The molecule has 2 atom stereocenters. The Morgan fingerprint density at radius 2 is 2.16 bits per heavy atom. The molecule has 0 aromatic heterocycles. The van der Waals surface area contributed by atoms with Crippen molar-refractivity contribution in [3.8, 4) is 5.75 Å². The molecule has 19 heavy (non-hydrogen) atoms. The molecule has 0 fully saturated rings. The van der Waals surface area contributed by atoms with Gasteiger partial charge in [-0.15, -0.1) is 0 Å². The summed E-state index contributed by atoms with van der Waals surface area (Å²) < 4.78 is 10.8. The first-order chi connectivity index (χ1) is 9.33. The maximum atomic E-state index is 5.58. The molecule has 3 heteroatoms. The topological polar surface area (TPSA) is 30.5 Å². The molecule has 1 aliphatic rings. The molecule has 1 heterocycles. The molecule has 0 aliphatic carbocycles. The molecule has 1 aromatic rings. The molecule has 2 rings (SSSR count). The zero-order chi connectivity index (χ0) is 13.5. The van der Waals surface area contributed by atoms with Crippen LogP contribution in [0, 0.1) is 0 Å². The van der Waals surface area contributed by atoms with Crippen molar-refractivity contribution >= 4 is 0 Å². The van der Waals surface area contributed by atoms with Crippen LogP contribution in [0.5, 0.6) is 5.75 Å². The average molecular weight is 261 g/mol. The van der Waals surface area contributed by atoms with Crippen LogP contribution in [0.2, 0.25) is 0 Å². The fraction of sp³-hybridized carbons (Fsp3) is 0.500. The first kappa shape index (κ1) is 13.9. The van der Waals surface area contributed by atoms with E-state index >= 15 is 0 Å². The van der Waals surface area contributed by atoms with Gasteiger partial charge >= 0.3 is 0 Å². The molecular weight excluding hydrogens is 238 g/mol. The lowest BCUT2D eigenvalue weighted by atomic mass is 10.0. The summed E-state index contributed by atoms with van der Waals surface area (Å²) in [6.45, 7) is 3.10. The van der Waals surface area contributed by atoms with Gasteiger partial charge in [0.05, 0.1) is 13.4 Å². The second-order valence-electron chi connectivity index (χ2n) is 4.85. The van der Waals surface area contributed by atoms with Crippen molar-refractivity contribution in [3.63, 3.8) is 0 Å². The predicted octanol–water partition coefficient (Wildman–Crippen LogP) is 3.43. The maximum absolute atomic E-state index is 5.58. The summed E-state index contributed by atoms with van der Waals surface area (Å²) in [6, 6.07) is 8.66. The molecule has 1 aromatic carbocycles. The molecule has 0 spiro atoms. The minimum absolute atomic E-state index is 0.303. The number of hydrogen-bond acceptors (Lipinski definition) is 3. The summed E-state index contributed by atoms with van der Waals surface area (Å²) in [5.41, 5.74) is 1.30. The van der Waals surface area contributed by atoms with Crippen LogP contribution >= 0.6 is 0 Å². The summed E-state index contributed by atoms with van der Waals surface area (Å²) >= 11 is 0. The molecule has 0 radical (unpaired) electrons. The number of ether oxygens (including phenoxy) is 2. The minimum Gasteiger partial charge on any atom is -0.497 e. The number of rotatable bonds is 6. The van der Waals surface area contributed by atoms with Gasteiger partial charge in [0.1, 0.15) is 11.9 Å². The largest absolute Gasteiger partial charge is 0.497 e. The molecule has 1 N–H and O–H groups in total. The number of nitrogens with one attached hydrogen (secondary N) is 1. The van der Waals surface area contributed by atoms with Gasteiger partial charge in [-0.05, 0) is 43.0 Å². The van der Waals surface area contributed by atoms with Crippen molar-refractivity contribution in [1.82, 2.24) is 5.32 Å². The SMILES string of the molecule is CCC(NCC1CCC=CO1)c1ccc(OC)cc1. The van der Waals surface area contributed by atoms with Gasteiger partial charge in [0.2, 0.25) is 0 Å². The van der Waals surface area contributed by atoms with E-state index in [1.165, 1.54) is 5.56 Å². The van der Waals surface area contributed by atoms with Crippen LogP contribution in [-0.4, -0.2) is 19.8 Å². The molecule has 1 aliphatic heterocycles. The van der Waals surface area contributed by atoms with E-state index in [0.29, 0.717) is 12.1 Å². The number of allylic oxidation sites excluding steroid dienone is 1. The highest BCUT2D eigenvalue weighted by Crippen LogP contribution is 2.20. The van der Waals surface area contributed by atoms with Gasteiger partial charge in [-0.1, -0.05) is 19.1 Å². The molecule has 0 bridgehead atoms. The Kier molecular flexibility index (Phi) is 5.28. The van der Waals surface area contributed by atoms with E-state index in [2.05, 4.69) is 30.4 Å². The lowest BCUT2D eigenvalue weighted by Crippen LogP contribution is -2.31. The van der Waals surface area contributed by atoms with Gasteiger partial charge in [-0.25, -0.2) is 0 Å². The monoisotopic (exact) mass is 261 g/mol. The van der Waals surface area contributed by atoms with Crippen molar-refractivity contribution in [1.29, 1.82) is 0 Å². The normalized spacial score (nSPS) is 19.8. The summed E-state index contributed by atoms with van der Waals surface area (Å²) in [5.74, 6) is 0.902. The van der Waals surface area contributed by atoms with Gasteiger partial charge in [-0.2, -0.15) is 0 Å². The Balaban J connectivity index is 1.89. The summed E-state index contributed by atoms with van der Waals surface area (Å²) in [6.07, 6.45) is 7.49. The second-order valence-corrected chi connectivity index (χ2v) is 4.85.